The molecule has 0 bridgehead atoms. The Hall–Kier alpha value is -4.62. The number of hydrogen-bond donors (Lipinski definition) is 3. The molecule has 1 saturated heterocycles. The minimum Gasteiger partial charge on any atom is -0.379 e. The van der Waals surface area contributed by atoms with E-state index >= 15 is 0 Å². The molecule has 4 aromatic rings. The van der Waals surface area contributed by atoms with Crippen molar-refractivity contribution in [3.05, 3.63) is 71.7 Å². The van der Waals surface area contributed by atoms with Gasteiger partial charge in [-0.3, -0.25) is 4.79 Å². The number of benzene rings is 2. The molecule has 0 unspecified atom stereocenters. The van der Waals surface area contributed by atoms with Gasteiger partial charge in [-0.05, 0) is 62.6 Å². The molecule has 1 aliphatic rings. The quantitative estimate of drug-likeness (QED) is 0.323. The Morgan fingerprint density at radius 1 is 1.16 bits per heavy atom. The van der Waals surface area contributed by atoms with Crippen LogP contribution in [0.15, 0.2) is 55.0 Å². The second-order valence-corrected chi connectivity index (χ2v) is 9.78. The fourth-order valence-corrected chi connectivity index (χ4v) is 4.13. The van der Waals surface area contributed by atoms with Crippen LogP contribution in [0.4, 0.5) is 23.1 Å². The lowest BCUT2D eigenvalue weighted by Crippen LogP contribution is -2.20. The maximum Gasteiger partial charge on any atom is 0.255 e. The molecule has 10 heteroatoms. The number of anilines is 4. The summed E-state index contributed by atoms with van der Waals surface area (Å²) in [5.74, 6) is 0.758. The van der Waals surface area contributed by atoms with Crippen LogP contribution in [0.5, 0.6) is 0 Å². The maximum absolute atomic E-state index is 13.0. The Kier molecular flexibility index (Phi) is 6.85. The minimum atomic E-state index is -0.693. The molecule has 1 fully saturated rings. The maximum atomic E-state index is 13.0. The third-order valence-corrected chi connectivity index (χ3v) is 6.51. The number of hydrogen-bond acceptors (Lipinski definition) is 9. The highest BCUT2D eigenvalue weighted by Crippen LogP contribution is 2.28. The highest BCUT2D eigenvalue weighted by molar-refractivity contribution is 6.04. The zero-order valence-corrected chi connectivity index (χ0v) is 21.4. The van der Waals surface area contributed by atoms with Gasteiger partial charge in [0.25, 0.3) is 5.91 Å². The summed E-state index contributed by atoms with van der Waals surface area (Å²) in [5, 5.41) is 19.1. The van der Waals surface area contributed by atoms with Crippen molar-refractivity contribution in [1.82, 2.24) is 19.9 Å². The molecular formula is C28H28N8O2. The third kappa shape index (κ3) is 5.38. The number of nitriles is 1. The van der Waals surface area contributed by atoms with E-state index in [4.69, 9.17) is 4.74 Å². The summed E-state index contributed by atoms with van der Waals surface area (Å²) >= 11 is 0. The Bertz CT molecular complexity index is 1540. The molecular weight excluding hydrogens is 480 g/mol. The lowest BCUT2D eigenvalue weighted by molar-refractivity contribution is 0.102. The number of aromatic nitrogens is 4. The van der Waals surface area contributed by atoms with Gasteiger partial charge in [-0.1, -0.05) is 18.2 Å². The molecule has 1 atom stereocenters. The molecule has 0 aliphatic carbocycles. The summed E-state index contributed by atoms with van der Waals surface area (Å²) in [7, 11) is 0. The molecule has 5 rings (SSSR count). The molecule has 2 aromatic carbocycles. The predicted octanol–water partition coefficient (Wildman–Crippen LogP) is 4.73. The van der Waals surface area contributed by atoms with E-state index in [2.05, 4.69) is 42.0 Å². The van der Waals surface area contributed by atoms with E-state index in [9.17, 15) is 10.1 Å². The van der Waals surface area contributed by atoms with Gasteiger partial charge >= 0.3 is 0 Å². The normalized spacial score (nSPS) is 15.2. The topological polar surface area (TPSA) is 138 Å². The molecule has 0 spiro atoms. The van der Waals surface area contributed by atoms with Crippen molar-refractivity contribution < 1.29 is 9.53 Å². The van der Waals surface area contributed by atoms with Gasteiger partial charge in [-0.2, -0.15) is 5.26 Å². The van der Waals surface area contributed by atoms with Crippen molar-refractivity contribution in [1.29, 1.82) is 5.26 Å². The Labute approximate surface area is 220 Å². The van der Waals surface area contributed by atoms with E-state index < -0.39 is 5.41 Å². The van der Waals surface area contributed by atoms with Gasteiger partial charge in [0.05, 0.1) is 30.3 Å². The van der Waals surface area contributed by atoms with E-state index in [1.807, 2.05) is 45.0 Å². The first-order valence-electron chi connectivity index (χ1n) is 12.4. The largest absolute Gasteiger partial charge is 0.379 e. The van der Waals surface area contributed by atoms with Crippen molar-refractivity contribution in [3.8, 4) is 6.07 Å². The van der Waals surface area contributed by atoms with Crippen molar-refractivity contribution in [2.75, 3.05) is 29.2 Å². The number of nitrogens with one attached hydrogen (secondary N) is 3. The second-order valence-electron chi connectivity index (χ2n) is 9.78. The SMILES string of the molecule is Cc1ccc(NC(=O)c2cccc(C(C)(C)C#N)c2)cc1Nc1ncnc2cnc(N[C@H]3CCOC3)nc12. The standard InChI is InChI=1S/C28H28N8O2/c1-17-7-8-20(33-26(37)18-5-4-6-19(11-18)28(2,3)15-29)12-22(17)35-25-24-23(31-16-32-25)13-30-27(36-24)34-21-9-10-38-14-21/h4-8,11-13,16,21H,9-10,14H2,1-3H3,(H,33,37)(H,30,34,36)(H,31,32,35)/t21-/m0/s1. The first kappa shape index (κ1) is 25.0. The number of carbonyl (C=O) groups is 1. The van der Waals surface area contributed by atoms with Crippen LogP contribution in [0, 0.1) is 18.3 Å². The number of amides is 1. The zero-order chi connectivity index (χ0) is 26.7. The molecule has 0 saturated carbocycles. The minimum absolute atomic E-state index is 0.169. The van der Waals surface area contributed by atoms with Crippen LogP contribution in [0.2, 0.25) is 0 Å². The molecule has 1 aliphatic heterocycles. The first-order valence-corrected chi connectivity index (χ1v) is 12.4. The Morgan fingerprint density at radius 2 is 2.03 bits per heavy atom. The fourth-order valence-electron chi connectivity index (χ4n) is 4.13. The van der Waals surface area contributed by atoms with Gasteiger partial charge in [0.1, 0.15) is 17.4 Å². The summed E-state index contributed by atoms with van der Waals surface area (Å²) in [6, 6.07) is 15.2. The van der Waals surface area contributed by atoms with Gasteiger partial charge in [0.15, 0.2) is 5.82 Å². The summed E-state index contributed by atoms with van der Waals surface area (Å²) in [4.78, 5) is 30.8. The third-order valence-electron chi connectivity index (χ3n) is 6.51. The predicted molar refractivity (Wildman–Crippen MR) is 145 cm³/mol. The van der Waals surface area contributed by atoms with Crippen LogP contribution < -0.4 is 16.0 Å². The lowest BCUT2D eigenvalue weighted by Gasteiger charge is -2.17. The summed E-state index contributed by atoms with van der Waals surface area (Å²) < 4.78 is 5.43. The number of fused-ring (bicyclic) bond motifs is 1. The smallest absolute Gasteiger partial charge is 0.255 e. The molecule has 10 nitrogen and oxygen atoms in total. The van der Waals surface area contributed by atoms with Crippen LogP contribution in [0.3, 0.4) is 0 Å². The van der Waals surface area contributed by atoms with Crippen LogP contribution in [-0.2, 0) is 10.2 Å². The second kappa shape index (κ2) is 10.4. The average molecular weight is 509 g/mol. The van der Waals surface area contributed by atoms with Crippen molar-refractivity contribution in [2.45, 2.75) is 38.6 Å². The van der Waals surface area contributed by atoms with E-state index in [1.54, 1.807) is 24.4 Å². The molecule has 0 radical (unpaired) electrons. The fraction of sp³-hybridized carbons (Fsp3) is 0.286. The number of ether oxygens (including phenoxy) is 1. The van der Waals surface area contributed by atoms with Gasteiger partial charge in [0.2, 0.25) is 5.95 Å². The van der Waals surface area contributed by atoms with Crippen LogP contribution >= 0.6 is 0 Å². The highest BCUT2D eigenvalue weighted by Gasteiger charge is 2.21. The molecule has 1 amide bonds. The van der Waals surface area contributed by atoms with Gasteiger partial charge in [0, 0.05) is 23.5 Å². The van der Waals surface area contributed by atoms with Crippen molar-refractivity contribution in [2.24, 2.45) is 0 Å². The van der Waals surface area contributed by atoms with Gasteiger partial charge in [-0.25, -0.2) is 19.9 Å². The summed E-state index contributed by atoms with van der Waals surface area (Å²) in [5.41, 5.74) is 4.10. The summed E-state index contributed by atoms with van der Waals surface area (Å²) in [6.45, 7) is 6.96. The number of carbonyl (C=O) groups excluding carboxylic acids is 1. The van der Waals surface area contributed by atoms with Crippen LogP contribution in [-0.4, -0.2) is 45.1 Å². The number of nitrogens with zero attached hydrogens (tertiary/aromatic N) is 5. The van der Waals surface area contributed by atoms with Crippen molar-refractivity contribution in [3.63, 3.8) is 0 Å². The zero-order valence-electron chi connectivity index (χ0n) is 21.4. The molecule has 3 heterocycles. The Balaban J connectivity index is 1.38. The van der Waals surface area contributed by atoms with E-state index in [0.717, 1.165) is 29.8 Å². The van der Waals surface area contributed by atoms with Crippen LogP contribution in [0.1, 0.15) is 41.8 Å². The molecule has 38 heavy (non-hydrogen) atoms. The lowest BCUT2D eigenvalue weighted by atomic mass is 9.85. The molecule has 2 aromatic heterocycles. The van der Waals surface area contributed by atoms with E-state index in [0.29, 0.717) is 40.7 Å². The number of aryl methyl sites for hydroxylation is 1. The average Bonchev–Trinajstić information content (AvgIpc) is 3.44. The van der Waals surface area contributed by atoms with Crippen molar-refractivity contribution >= 4 is 40.1 Å². The monoisotopic (exact) mass is 508 g/mol. The van der Waals surface area contributed by atoms with E-state index in [1.165, 1.54) is 6.33 Å². The van der Waals surface area contributed by atoms with Gasteiger partial charge < -0.3 is 20.7 Å². The highest BCUT2D eigenvalue weighted by atomic mass is 16.5. The Morgan fingerprint density at radius 3 is 2.82 bits per heavy atom. The van der Waals surface area contributed by atoms with E-state index in [-0.39, 0.29) is 11.9 Å². The van der Waals surface area contributed by atoms with Gasteiger partial charge in [-0.15, -0.1) is 0 Å². The first-order chi connectivity index (χ1) is 18.3. The molecule has 192 valence electrons. The molecule has 3 N–H and O–H groups in total. The van der Waals surface area contributed by atoms with Crippen LogP contribution in [0.25, 0.3) is 11.0 Å². The summed E-state index contributed by atoms with van der Waals surface area (Å²) in [6.07, 6.45) is 4.02. The number of rotatable bonds is 7.